The number of ether oxygens (including phenoxy) is 1. The fourth-order valence-electron chi connectivity index (χ4n) is 3.95. The van der Waals surface area contributed by atoms with Crippen molar-refractivity contribution >= 4 is 17.7 Å². The van der Waals surface area contributed by atoms with E-state index in [1.54, 1.807) is 7.11 Å². The van der Waals surface area contributed by atoms with Gasteiger partial charge in [0, 0.05) is 31.0 Å². The van der Waals surface area contributed by atoms with Gasteiger partial charge in [-0.2, -0.15) is 4.98 Å². The van der Waals surface area contributed by atoms with Gasteiger partial charge in [-0.05, 0) is 24.8 Å². The number of anilines is 2. The van der Waals surface area contributed by atoms with E-state index in [1.165, 1.54) is 0 Å². The van der Waals surface area contributed by atoms with Gasteiger partial charge in [-0.15, -0.1) is 0 Å². The number of aromatic nitrogens is 2. The van der Waals surface area contributed by atoms with E-state index in [-0.39, 0.29) is 23.8 Å². The fraction of sp³-hybridized carbons (Fsp3) is 0.450. The van der Waals surface area contributed by atoms with Crippen molar-refractivity contribution in [2.24, 2.45) is 5.92 Å². The summed E-state index contributed by atoms with van der Waals surface area (Å²) in [7, 11) is 1.59. The summed E-state index contributed by atoms with van der Waals surface area (Å²) in [6, 6.07) is 7.49. The van der Waals surface area contributed by atoms with Crippen LogP contribution >= 0.6 is 0 Å². The van der Waals surface area contributed by atoms with Crippen molar-refractivity contribution in [3.63, 3.8) is 0 Å². The molecule has 1 amide bonds. The minimum atomic E-state index is -0.378. The van der Waals surface area contributed by atoms with Gasteiger partial charge in [-0.25, -0.2) is 0 Å². The Bertz CT molecular complexity index is 916. The van der Waals surface area contributed by atoms with Crippen LogP contribution in [0.4, 0.5) is 11.8 Å². The lowest BCUT2D eigenvalue weighted by Crippen LogP contribution is -2.37. The molecule has 2 aliphatic heterocycles. The number of benzene rings is 1. The Morgan fingerprint density at radius 2 is 1.93 bits per heavy atom. The van der Waals surface area contributed by atoms with Crippen LogP contribution in [0.25, 0.3) is 0 Å². The average molecular weight is 368 g/mol. The molecule has 0 aliphatic carbocycles. The lowest BCUT2D eigenvalue weighted by atomic mass is 9.86. The Kier molecular flexibility index (Phi) is 4.59. The molecule has 0 bridgehead atoms. The molecule has 1 fully saturated rings. The predicted octanol–water partition coefficient (Wildman–Crippen LogP) is 2.49. The van der Waals surface area contributed by atoms with E-state index >= 15 is 0 Å². The van der Waals surface area contributed by atoms with E-state index in [2.05, 4.69) is 27.1 Å². The number of fused-ring (bicyclic) bond motifs is 1. The Hall–Kier alpha value is -2.83. The highest BCUT2D eigenvalue weighted by Gasteiger charge is 2.33. The maximum absolute atomic E-state index is 13.0. The third-order valence-electron chi connectivity index (χ3n) is 5.54. The normalized spacial score (nSPS) is 20.1. The maximum Gasteiger partial charge on any atom is 0.258 e. The van der Waals surface area contributed by atoms with Crippen molar-refractivity contribution in [3.8, 4) is 5.75 Å². The van der Waals surface area contributed by atoms with E-state index < -0.39 is 0 Å². The summed E-state index contributed by atoms with van der Waals surface area (Å²) in [4.78, 5) is 34.9. The van der Waals surface area contributed by atoms with Crippen LogP contribution in [0.15, 0.2) is 29.1 Å². The second-order valence-electron chi connectivity index (χ2n) is 7.37. The number of piperidine rings is 1. The summed E-state index contributed by atoms with van der Waals surface area (Å²) < 4.78 is 5.45. The standard InChI is InChI=1S/C20H24N4O3/c1-12-7-9-24(10-8-12)20-22-18-17(19(26)23-20)14(11-16(25)21-18)13-5-3-4-6-15(13)27-2/h3-6,12,14H,7-11H2,1-2H3,(H2,21,22,23,25,26). The molecule has 0 spiro atoms. The molecule has 1 atom stereocenters. The lowest BCUT2D eigenvalue weighted by molar-refractivity contribution is -0.116. The highest BCUT2D eigenvalue weighted by molar-refractivity contribution is 5.94. The molecule has 2 aliphatic rings. The van der Waals surface area contributed by atoms with E-state index in [9.17, 15) is 9.59 Å². The molecule has 1 aromatic carbocycles. The number of nitrogens with zero attached hydrogens (tertiary/aromatic N) is 2. The number of aromatic amines is 1. The Balaban J connectivity index is 1.76. The van der Waals surface area contributed by atoms with Gasteiger partial charge >= 0.3 is 0 Å². The zero-order chi connectivity index (χ0) is 19.0. The molecule has 7 nitrogen and oxygen atoms in total. The number of methoxy groups -OCH3 is 1. The van der Waals surface area contributed by atoms with Gasteiger partial charge in [0.05, 0.1) is 12.7 Å². The Labute approximate surface area is 157 Å². The van der Waals surface area contributed by atoms with Gasteiger partial charge in [0.25, 0.3) is 5.56 Å². The van der Waals surface area contributed by atoms with Crippen molar-refractivity contribution in [1.29, 1.82) is 0 Å². The molecule has 4 rings (SSSR count). The lowest BCUT2D eigenvalue weighted by Gasteiger charge is -2.32. The molecule has 27 heavy (non-hydrogen) atoms. The number of hydrogen-bond acceptors (Lipinski definition) is 5. The quantitative estimate of drug-likeness (QED) is 0.869. The number of para-hydroxylation sites is 1. The van der Waals surface area contributed by atoms with E-state index in [0.717, 1.165) is 31.5 Å². The second kappa shape index (κ2) is 7.06. The van der Waals surface area contributed by atoms with Crippen molar-refractivity contribution in [2.75, 3.05) is 30.4 Å². The molecule has 2 aromatic rings. The van der Waals surface area contributed by atoms with Crippen molar-refractivity contribution in [3.05, 3.63) is 45.7 Å². The molecule has 0 radical (unpaired) electrons. The number of carbonyl (C=O) groups is 1. The fourth-order valence-corrected chi connectivity index (χ4v) is 3.95. The third kappa shape index (κ3) is 3.29. The maximum atomic E-state index is 13.0. The van der Waals surface area contributed by atoms with Crippen LogP contribution in [-0.4, -0.2) is 36.1 Å². The third-order valence-corrected chi connectivity index (χ3v) is 5.54. The van der Waals surface area contributed by atoms with E-state index in [1.807, 2.05) is 24.3 Å². The highest BCUT2D eigenvalue weighted by Crippen LogP contribution is 2.38. The minimum Gasteiger partial charge on any atom is -0.496 e. The van der Waals surface area contributed by atoms with Gasteiger partial charge in [-0.1, -0.05) is 25.1 Å². The molecule has 142 valence electrons. The smallest absolute Gasteiger partial charge is 0.258 e. The average Bonchev–Trinajstić information content (AvgIpc) is 2.67. The first-order valence-corrected chi connectivity index (χ1v) is 9.38. The Morgan fingerprint density at radius 3 is 2.67 bits per heavy atom. The number of nitrogens with one attached hydrogen (secondary N) is 2. The monoisotopic (exact) mass is 368 g/mol. The van der Waals surface area contributed by atoms with Crippen LogP contribution in [0, 0.1) is 5.92 Å². The first-order valence-electron chi connectivity index (χ1n) is 9.38. The first-order chi connectivity index (χ1) is 13.1. The summed E-state index contributed by atoms with van der Waals surface area (Å²) in [6.07, 6.45) is 2.33. The second-order valence-corrected chi connectivity index (χ2v) is 7.37. The molecule has 0 saturated carbocycles. The molecular weight excluding hydrogens is 344 g/mol. The van der Waals surface area contributed by atoms with Gasteiger partial charge in [0.1, 0.15) is 11.6 Å². The minimum absolute atomic E-state index is 0.144. The Morgan fingerprint density at radius 1 is 1.19 bits per heavy atom. The zero-order valence-corrected chi connectivity index (χ0v) is 15.6. The number of carbonyl (C=O) groups excluding carboxylic acids is 1. The van der Waals surface area contributed by atoms with Crippen molar-refractivity contribution in [2.45, 2.75) is 32.1 Å². The van der Waals surface area contributed by atoms with Crippen LogP contribution in [0.3, 0.4) is 0 Å². The molecule has 7 heteroatoms. The highest BCUT2D eigenvalue weighted by atomic mass is 16.5. The van der Waals surface area contributed by atoms with E-state index in [4.69, 9.17) is 4.74 Å². The number of hydrogen-bond donors (Lipinski definition) is 2. The number of amides is 1. The summed E-state index contributed by atoms with van der Waals surface area (Å²) in [6.45, 7) is 3.94. The number of rotatable bonds is 3. The molecule has 1 unspecified atom stereocenters. The predicted molar refractivity (Wildman–Crippen MR) is 104 cm³/mol. The van der Waals surface area contributed by atoms with Crippen LogP contribution in [-0.2, 0) is 4.79 Å². The van der Waals surface area contributed by atoms with Gasteiger partial charge in [0.2, 0.25) is 11.9 Å². The largest absolute Gasteiger partial charge is 0.496 e. The molecular formula is C20H24N4O3. The first kappa shape index (κ1) is 17.6. The summed E-state index contributed by atoms with van der Waals surface area (Å²) in [5, 5.41) is 2.79. The van der Waals surface area contributed by atoms with Gasteiger partial charge in [-0.3, -0.25) is 14.6 Å². The van der Waals surface area contributed by atoms with Crippen LogP contribution < -0.4 is 20.5 Å². The van der Waals surface area contributed by atoms with Crippen molar-refractivity contribution < 1.29 is 9.53 Å². The SMILES string of the molecule is COc1ccccc1C1CC(=O)Nc2nc(N3CCC(C)CC3)[nH]c(=O)c21. The zero-order valence-electron chi connectivity index (χ0n) is 15.6. The topological polar surface area (TPSA) is 87.3 Å². The summed E-state index contributed by atoms with van der Waals surface area (Å²) >= 11 is 0. The van der Waals surface area contributed by atoms with Crippen LogP contribution in [0.2, 0.25) is 0 Å². The summed E-state index contributed by atoms with van der Waals surface area (Å²) in [5.41, 5.74) is 1.11. The van der Waals surface area contributed by atoms with Crippen LogP contribution in [0.5, 0.6) is 5.75 Å². The molecule has 1 aromatic heterocycles. The van der Waals surface area contributed by atoms with Crippen molar-refractivity contribution in [1.82, 2.24) is 9.97 Å². The molecule has 1 saturated heterocycles. The molecule has 2 N–H and O–H groups in total. The van der Waals surface area contributed by atoms with E-state index in [0.29, 0.717) is 29.0 Å². The molecule has 3 heterocycles. The summed E-state index contributed by atoms with van der Waals surface area (Å²) in [5.74, 6) is 1.72. The van der Waals surface area contributed by atoms with Gasteiger partial charge in [0.15, 0.2) is 0 Å². The number of H-pyrrole nitrogens is 1. The van der Waals surface area contributed by atoms with Gasteiger partial charge < -0.3 is 15.0 Å². The van der Waals surface area contributed by atoms with Crippen LogP contribution in [0.1, 0.15) is 43.2 Å².